The molecule has 1 unspecified atom stereocenters. The van der Waals surface area contributed by atoms with Crippen molar-refractivity contribution < 1.29 is 18.1 Å². The lowest BCUT2D eigenvalue weighted by Gasteiger charge is -2.35. The first-order valence-electron chi connectivity index (χ1n) is 10.6. The van der Waals surface area contributed by atoms with E-state index in [2.05, 4.69) is 15.0 Å². The lowest BCUT2D eigenvalue weighted by Crippen LogP contribution is -2.46. The zero-order chi connectivity index (χ0) is 25.7. The number of hydrogen-bond acceptors (Lipinski definition) is 9. The number of amidine groups is 1. The molecular weight excluding hydrogens is 482 g/mol. The minimum absolute atomic E-state index is 0.205. The number of fused-ring (bicyclic) bond motifs is 1. The maximum Gasteiger partial charge on any atom is 0.366 e. The van der Waals surface area contributed by atoms with E-state index in [0.29, 0.717) is 26.9 Å². The maximum atomic E-state index is 12.7. The fourth-order valence-electron chi connectivity index (χ4n) is 3.99. The number of anilines is 4. The van der Waals surface area contributed by atoms with Crippen LogP contribution in [0.4, 0.5) is 22.9 Å². The van der Waals surface area contributed by atoms with Crippen LogP contribution in [0.1, 0.15) is 16.8 Å². The SMILES string of the molecule is Nc1cccc(C2=NC(O)(c3cccc(N)c3)c3ncc(-c4cccc(N)c4)nc3N2S(=O)(=O)O)c1. The second kappa shape index (κ2) is 8.30. The molecule has 12 heteroatoms. The van der Waals surface area contributed by atoms with E-state index in [1.165, 1.54) is 24.4 Å². The summed E-state index contributed by atoms with van der Waals surface area (Å²) >= 11 is 0. The summed E-state index contributed by atoms with van der Waals surface area (Å²) in [6, 6.07) is 19.2. The van der Waals surface area contributed by atoms with Crippen LogP contribution in [0.15, 0.2) is 84.0 Å². The third-order valence-corrected chi connectivity index (χ3v) is 6.39. The fourth-order valence-corrected chi connectivity index (χ4v) is 4.70. The van der Waals surface area contributed by atoms with Gasteiger partial charge in [0, 0.05) is 33.8 Å². The number of nitrogens with zero attached hydrogens (tertiary/aromatic N) is 4. The predicted molar refractivity (Wildman–Crippen MR) is 137 cm³/mol. The van der Waals surface area contributed by atoms with Gasteiger partial charge in [0.15, 0.2) is 11.7 Å². The Labute approximate surface area is 206 Å². The van der Waals surface area contributed by atoms with E-state index in [1.807, 2.05) is 0 Å². The number of benzene rings is 3. The lowest BCUT2D eigenvalue weighted by molar-refractivity contribution is 0.0853. The molecule has 0 radical (unpaired) electrons. The summed E-state index contributed by atoms with van der Waals surface area (Å²) in [5.41, 5.74) is 17.7. The second-order valence-electron chi connectivity index (χ2n) is 8.15. The van der Waals surface area contributed by atoms with E-state index in [0.717, 1.165) is 0 Å². The minimum Gasteiger partial charge on any atom is -0.399 e. The zero-order valence-corrected chi connectivity index (χ0v) is 19.5. The van der Waals surface area contributed by atoms with Gasteiger partial charge in [-0.1, -0.05) is 36.4 Å². The molecular formula is C24H21N7O4S. The first-order chi connectivity index (χ1) is 17.1. The van der Waals surface area contributed by atoms with Gasteiger partial charge in [-0.3, -0.25) is 4.55 Å². The number of rotatable bonds is 4. The highest BCUT2D eigenvalue weighted by molar-refractivity contribution is 7.88. The number of aromatic nitrogens is 2. The molecule has 1 aromatic heterocycles. The summed E-state index contributed by atoms with van der Waals surface area (Å²) in [6.45, 7) is 0. The van der Waals surface area contributed by atoms with Crippen molar-refractivity contribution in [2.75, 3.05) is 21.5 Å². The van der Waals surface area contributed by atoms with Crippen LogP contribution in [0.25, 0.3) is 11.3 Å². The summed E-state index contributed by atoms with van der Waals surface area (Å²) in [4.78, 5) is 13.2. The van der Waals surface area contributed by atoms with Gasteiger partial charge in [-0.15, -0.1) is 0 Å². The number of nitrogen functional groups attached to an aromatic ring is 3. The maximum absolute atomic E-state index is 12.7. The molecule has 36 heavy (non-hydrogen) atoms. The van der Waals surface area contributed by atoms with Crippen LogP contribution in [0.3, 0.4) is 0 Å². The van der Waals surface area contributed by atoms with Gasteiger partial charge in [0.2, 0.25) is 5.72 Å². The number of aliphatic imine (C=N–C) groups is 1. The van der Waals surface area contributed by atoms with Gasteiger partial charge in [-0.2, -0.15) is 12.7 Å². The van der Waals surface area contributed by atoms with Crippen LogP contribution in [0.5, 0.6) is 0 Å². The Balaban J connectivity index is 1.85. The van der Waals surface area contributed by atoms with E-state index in [9.17, 15) is 18.1 Å². The molecule has 0 spiro atoms. The smallest absolute Gasteiger partial charge is 0.366 e. The molecule has 1 aliphatic rings. The Hall–Kier alpha value is -4.52. The van der Waals surface area contributed by atoms with Crippen molar-refractivity contribution in [3.05, 3.63) is 95.8 Å². The molecule has 0 amide bonds. The normalized spacial score (nSPS) is 17.4. The summed E-state index contributed by atoms with van der Waals surface area (Å²) in [7, 11) is -5.00. The monoisotopic (exact) mass is 503 g/mol. The molecule has 1 atom stereocenters. The van der Waals surface area contributed by atoms with E-state index >= 15 is 0 Å². The molecule has 3 aromatic carbocycles. The van der Waals surface area contributed by atoms with Crippen molar-refractivity contribution in [2.24, 2.45) is 4.99 Å². The molecule has 0 aliphatic carbocycles. The molecule has 0 bridgehead atoms. The highest BCUT2D eigenvalue weighted by Crippen LogP contribution is 2.42. The van der Waals surface area contributed by atoms with E-state index in [1.54, 1.807) is 54.6 Å². The largest absolute Gasteiger partial charge is 0.399 e. The molecule has 0 saturated heterocycles. The first kappa shape index (κ1) is 23.2. The van der Waals surface area contributed by atoms with Gasteiger partial charge in [0.1, 0.15) is 5.69 Å². The van der Waals surface area contributed by atoms with Crippen LogP contribution in [0.2, 0.25) is 0 Å². The van der Waals surface area contributed by atoms with Crippen molar-refractivity contribution >= 4 is 39.0 Å². The van der Waals surface area contributed by atoms with Crippen molar-refractivity contribution in [1.82, 2.24) is 9.97 Å². The Morgan fingerprint density at radius 3 is 2.03 bits per heavy atom. The topological polar surface area (TPSA) is 194 Å². The highest BCUT2D eigenvalue weighted by Gasteiger charge is 2.46. The molecule has 1 aliphatic heterocycles. The summed E-state index contributed by atoms with van der Waals surface area (Å²) in [6.07, 6.45) is 1.36. The van der Waals surface area contributed by atoms with E-state index in [-0.39, 0.29) is 34.2 Å². The molecule has 11 nitrogen and oxygen atoms in total. The average Bonchev–Trinajstić information content (AvgIpc) is 2.83. The van der Waals surface area contributed by atoms with Crippen molar-refractivity contribution in [2.45, 2.75) is 5.72 Å². The molecule has 8 N–H and O–H groups in total. The highest BCUT2D eigenvalue weighted by atomic mass is 32.2. The fraction of sp³-hybridized carbons (Fsp3) is 0.0417. The molecule has 4 aromatic rings. The van der Waals surface area contributed by atoms with Gasteiger partial charge >= 0.3 is 10.3 Å². The van der Waals surface area contributed by atoms with Crippen molar-refractivity contribution in [3.63, 3.8) is 0 Å². The Bertz CT molecular complexity index is 1640. The Morgan fingerprint density at radius 1 is 0.833 bits per heavy atom. The van der Waals surface area contributed by atoms with Crippen LogP contribution in [-0.4, -0.2) is 33.9 Å². The van der Waals surface area contributed by atoms with Gasteiger partial charge < -0.3 is 22.3 Å². The van der Waals surface area contributed by atoms with Crippen LogP contribution in [-0.2, 0) is 16.0 Å². The number of hydrogen-bond donors (Lipinski definition) is 5. The Kier molecular flexibility index (Phi) is 5.36. The van der Waals surface area contributed by atoms with E-state index < -0.39 is 16.0 Å². The van der Waals surface area contributed by atoms with Gasteiger partial charge in [-0.05, 0) is 36.4 Å². The van der Waals surface area contributed by atoms with Gasteiger partial charge in [0.25, 0.3) is 0 Å². The van der Waals surface area contributed by atoms with Crippen LogP contribution >= 0.6 is 0 Å². The Morgan fingerprint density at radius 2 is 1.42 bits per heavy atom. The van der Waals surface area contributed by atoms with Gasteiger partial charge in [0.05, 0.1) is 11.9 Å². The molecule has 182 valence electrons. The molecule has 2 heterocycles. The minimum atomic E-state index is -5.00. The van der Waals surface area contributed by atoms with Crippen molar-refractivity contribution in [1.29, 1.82) is 0 Å². The standard InChI is InChI=1S/C24H21N7O4S/c25-17-7-1-4-14(10-17)20-13-28-21-23(29-20)31(36(33,34)35)22(15-5-2-8-18(26)11-15)30-24(21,32)16-6-3-9-19(27)12-16/h1-13,32H,25-27H2,(H,33,34,35). The molecule has 0 fully saturated rings. The predicted octanol–water partition coefficient (Wildman–Crippen LogP) is 2.15. The van der Waals surface area contributed by atoms with E-state index in [4.69, 9.17) is 17.2 Å². The third kappa shape index (κ3) is 3.98. The zero-order valence-electron chi connectivity index (χ0n) is 18.6. The summed E-state index contributed by atoms with van der Waals surface area (Å²) in [5.74, 6) is -0.670. The van der Waals surface area contributed by atoms with Crippen LogP contribution < -0.4 is 21.5 Å². The quantitative estimate of drug-likeness (QED) is 0.205. The summed E-state index contributed by atoms with van der Waals surface area (Å²) < 4.78 is 36.2. The lowest BCUT2D eigenvalue weighted by atomic mass is 9.96. The molecule has 5 rings (SSSR count). The summed E-state index contributed by atoms with van der Waals surface area (Å²) in [5, 5.41) is 11.9. The number of nitrogens with two attached hydrogens (primary N) is 3. The third-order valence-electron chi connectivity index (χ3n) is 5.58. The van der Waals surface area contributed by atoms with Crippen molar-refractivity contribution in [3.8, 4) is 11.3 Å². The average molecular weight is 504 g/mol. The first-order valence-corrected chi connectivity index (χ1v) is 12.0. The number of aliphatic hydroxyl groups is 1. The second-order valence-corrected chi connectivity index (χ2v) is 9.41. The molecule has 0 saturated carbocycles. The van der Waals surface area contributed by atoms with Gasteiger partial charge in [-0.25, -0.2) is 15.0 Å². The van der Waals surface area contributed by atoms with Crippen LogP contribution in [0, 0.1) is 0 Å².